The minimum absolute atomic E-state index is 0.0843. The summed E-state index contributed by atoms with van der Waals surface area (Å²) < 4.78 is 0. The number of primary amides is 1. The maximum atomic E-state index is 13.0. The third kappa shape index (κ3) is 15.0. The smallest absolute Gasteiger partial charge is 0.326 e. The van der Waals surface area contributed by atoms with Crippen LogP contribution in [-0.2, 0) is 33.6 Å². The van der Waals surface area contributed by atoms with Crippen molar-refractivity contribution in [1.29, 1.82) is 0 Å². The Morgan fingerprint density at radius 3 is 1.57 bits per heavy atom. The SMILES string of the molecule is NCCCCC(NC(=O)C(N)CCC(=O)O)C(=O)NC(CCC(N)=O)C(=O)NC(CCC(=O)O)C(=O)O. The predicted octanol–water partition coefficient (Wildman–Crippen LogP) is -3.02. The minimum atomic E-state index is -1.58. The summed E-state index contributed by atoms with van der Waals surface area (Å²) in [5, 5.41) is 33.7. The van der Waals surface area contributed by atoms with Crippen LogP contribution in [0.1, 0.15) is 57.8 Å². The molecule has 37 heavy (non-hydrogen) atoms. The van der Waals surface area contributed by atoms with E-state index >= 15 is 0 Å². The zero-order chi connectivity index (χ0) is 28.5. The Kier molecular flexibility index (Phi) is 15.8. The van der Waals surface area contributed by atoms with E-state index in [-0.39, 0.29) is 32.1 Å². The van der Waals surface area contributed by atoms with Crippen molar-refractivity contribution < 1.29 is 48.9 Å². The first-order valence-corrected chi connectivity index (χ1v) is 11.6. The molecule has 0 aromatic rings. The fraction of sp³-hybridized carbons (Fsp3) is 0.667. The van der Waals surface area contributed by atoms with Gasteiger partial charge in [-0.05, 0) is 45.1 Å². The number of unbranched alkanes of at least 4 members (excludes halogenated alkanes) is 1. The van der Waals surface area contributed by atoms with Crippen LogP contribution < -0.4 is 33.2 Å². The number of amides is 4. The Bertz CT molecular complexity index is 837. The Morgan fingerprint density at radius 1 is 0.622 bits per heavy atom. The van der Waals surface area contributed by atoms with Gasteiger partial charge in [0.1, 0.15) is 18.1 Å². The third-order valence-electron chi connectivity index (χ3n) is 5.16. The molecule has 0 heterocycles. The Hall–Kier alpha value is -3.79. The van der Waals surface area contributed by atoms with Gasteiger partial charge in [-0.2, -0.15) is 0 Å². The van der Waals surface area contributed by atoms with Crippen LogP contribution in [0.15, 0.2) is 0 Å². The summed E-state index contributed by atoms with van der Waals surface area (Å²) in [5.74, 6) is -7.40. The van der Waals surface area contributed by atoms with Gasteiger partial charge in [0.15, 0.2) is 0 Å². The minimum Gasteiger partial charge on any atom is -0.481 e. The normalized spacial score (nSPS) is 13.9. The van der Waals surface area contributed by atoms with Crippen molar-refractivity contribution in [1.82, 2.24) is 16.0 Å². The van der Waals surface area contributed by atoms with E-state index in [0.29, 0.717) is 19.4 Å². The number of carbonyl (C=O) groups excluding carboxylic acids is 4. The number of nitrogens with one attached hydrogen (secondary N) is 3. The number of carboxylic acids is 3. The Balaban J connectivity index is 5.58. The Morgan fingerprint density at radius 2 is 1.08 bits per heavy atom. The molecule has 0 aliphatic rings. The number of carboxylic acid groups (broad SMARTS) is 3. The molecule has 4 atom stereocenters. The second-order valence-corrected chi connectivity index (χ2v) is 8.28. The maximum Gasteiger partial charge on any atom is 0.326 e. The molecular weight excluding hydrogens is 496 g/mol. The molecule has 0 aromatic heterocycles. The maximum absolute atomic E-state index is 13.0. The summed E-state index contributed by atoms with van der Waals surface area (Å²) in [7, 11) is 0. The van der Waals surface area contributed by atoms with Crippen LogP contribution in [0.4, 0.5) is 0 Å². The zero-order valence-corrected chi connectivity index (χ0v) is 20.3. The molecular formula is C21H36N6O10. The molecule has 0 aliphatic carbocycles. The molecule has 16 heteroatoms. The number of hydrogen-bond acceptors (Lipinski definition) is 9. The molecule has 0 spiro atoms. The first-order chi connectivity index (χ1) is 17.3. The lowest BCUT2D eigenvalue weighted by Crippen LogP contribution is -2.57. The molecule has 0 rings (SSSR count). The highest BCUT2D eigenvalue weighted by Gasteiger charge is 2.30. The van der Waals surface area contributed by atoms with Gasteiger partial charge in [-0.3, -0.25) is 28.8 Å². The molecule has 0 aromatic carbocycles. The fourth-order valence-electron chi connectivity index (χ4n) is 3.08. The zero-order valence-electron chi connectivity index (χ0n) is 20.3. The lowest BCUT2D eigenvalue weighted by molar-refractivity contribution is -0.143. The van der Waals surface area contributed by atoms with Crippen LogP contribution in [-0.4, -0.2) is 87.6 Å². The summed E-state index contributed by atoms with van der Waals surface area (Å²) in [6, 6.07) is -5.45. The second kappa shape index (κ2) is 17.6. The van der Waals surface area contributed by atoms with Crippen LogP contribution in [0.3, 0.4) is 0 Å². The van der Waals surface area contributed by atoms with E-state index in [1.54, 1.807) is 0 Å². The molecule has 210 valence electrons. The van der Waals surface area contributed by atoms with E-state index in [2.05, 4.69) is 16.0 Å². The standard InChI is InChI=1S/C21H36N6O10/c22-10-2-1-3-12(25-18(33)11(23)4-8-16(29)30)19(34)26-13(5-7-15(24)28)20(35)27-14(21(36)37)6-9-17(31)32/h11-14H,1-10,22-23H2,(H2,24,28)(H,25,33)(H,26,34)(H,27,35)(H,29,30)(H,31,32)(H,36,37). The molecule has 0 saturated heterocycles. The fourth-order valence-corrected chi connectivity index (χ4v) is 3.08. The van der Waals surface area contributed by atoms with Gasteiger partial charge in [0.2, 0.25) is 23.6 Å². The van der Waals surface area contributed by atoms with Crippen LogP contribution >= 0.6 is 0 Å². The summed E-state index contributed by atoms with van der Waals surface area (Å²) >= 11 is 0. The number of rotatable bonds is 20. The van der Waals surface area contributed by atoms with E-state index in [0.717, 1.165) is 0 Å². The topological polar surface area (TPSA) is 294 Å². The molecule has 4 amide bonds. The van der Waals surface area contributed by atoms with Gasteiger partial charge in [0.25, 0.3) is 0 Å². The third-order valence-corrected chi connectivity index (χ3v) is 5.16. The van der Waals surface area contributed by atoms with Crippen LogP contribution in [0, 0.1) is 0 Å². The quantitative estimate of drug-likeness (QED) is 0.0708. The number of aliphatic carboxylic acids is 3. The number of hydrogen-bond donors (Lipinski definition) is 9. The van der Waals surface area contributed by atoms with E-state index in [1.807, 2.05) is 0 Å². The monoisotopic (exact) mass is 532 g/mol. The van der Waals surface area contributed by atoms with Crippen LogP contribution in [0.2, 0.25) is 0 Å². The van der Waals surface area contributed by atoms with Crippen molar-refractivity contribution in [2.45, 2.75) is 82.0 Å². The molecule has 16 nitrogen and oxygen atoms in total. The molecule has 0 radical (unpaired) electrons. The largest absolute Gasteiger partial charge is 0.481 e. The number of nitrogens with two attached hydrogens (primary N) is 3. The highest BCUT2D eigenvalue weighted by molar-refractivity contribution is 5.94. The molecule has 0 aliphatic heterocycles. The van der Waals surface area contributed by atoms with Gasteiger partial charge < -0.3 is 48.5 Å². The van der Waals surface area contributed by atoms with Crippen LogP contribution in [0.5, 0.6) is 0 Å². The van der Waals surface area contributed by atoms with E-state index in [1.165, 1.54) is 0 Å². The first kappa shape index (κ1) is 33.2. The van der Waals surface area contributed by atoms with Crippen molar-refractivity contribution in [2.24, 2.45) is 17.2 Å². The molecule has 0 fully saturated rings. The lowest BCUT2D eigenvalue weighted by Gasteiger charge is -2.25. The van der Waals surface area contributed by atoms with Crippen molar-refractivity contribution in [2.75, 3.05) is 6.54 Å². The first-order valence-electron chi connectivity index (χ1n) is 11.6. The van der Waals surface area contributed by atoms with Crippen molar-refractivity contribution in [3.8, 4) is 0 Å². The lowest BCUT2D eigenvalue weighted by atomic mass is 10.0. The predicted molar refractivity (Wildman–Crippen MR) is 126 cm³/mol. The average Bonchev–Trinajstić information content (AvgIpc) is 2.81. The summed E-state index contributed by atoms with van der Waals surface area (Å²) in [4.78, 5) is 82.3. The van der Waals surface area contributed by atoms with Gasteiger partial charge in [-0.25, -0.2) is 4.79 Å². The molecule has 0 bridgehead atoms. The van der Waals surface area contributed by atoms with Crippen LogP contribution in [0.25, 0.3) is 0 Å². The van der Waals surface area contributed by atoms with Crippen molar-refractivity contribution in [3.05, 3.63) is 0 Å². The van der Waals surface area contributed by atoms with E-state index in [4.69, 9.17) is 27.4 Å². The van der Waals surface area contributed by atoms with Gasteiger partial charge in [0.05, 0.1) is 6.04 Å². The molecule has 12 N–H and O–H groups in total. The summed E-state index contributed by atoms with van der Waals surface area (Å²) in [6.07, 6.45) is -1.22. The summed E-state index contributed by atoms with van der Waals surface area (Å²) in [5.41, 5.74) is 16.3. The van der Waals surface area contributed by atoms with E-state index in [9.17, 15) is 38.7 Å². The van der Waals surface area contributed by atoms with E-state index < -0.39 is 78.5 Å². The van der Waals surface area contributed by atoms with Crippen molar-refractivity contribution in [3.63, 3.8) is 0 Å². The molecule has 4 unspecified atom stereocenters. The summed E-state index contributed by atoms with van der Waals surface area (Å²) in [6.45, 7) is 0.303. The van der Waals surface area contributed by atoms with Gasteiger partial charge >= 0.3 is 17.9 Å². The Labute approximate surface area is 212 Å². The second-order valence-electron chi connectivity index (χ2n) is 8.28. The highest BCUT2D eigenvalue weighted by Crippen LogP contribution is 2.07. The molecule has 0 saturated carbocycles. The number of carbonyl (C=O) groups is 7. The van der Waals surface area contributed by atoms with Gasteiger partial charge in [-0.15, -0.1) is 0 Å². The van der Waals surface area contributed by atoms with Gasteiger partial charge in [-0.1, -0.05) is 0 Å². The average molecular weight is 533 g/mol. The van der Waals surface area contributed by atoms with Gasteiger partial charge in [0, 0.05) is 19.3 Å². The highest BCUT2D eigenvalue weighted by atomic mass is 16.4. The van der Waals surface area contributed by atoms with Crippen molar-refractivity contribution >= 4 is 41.5 Å².